The lowest BCUT2D eigenvalue weighted by atomic mass is 10.1. The predicted octanol–water partition coefficient (Wildman–Crippen LogP) is 2.24. The average Bonchev–Trinajstić information content (AvgIpc) is 2.80. The highest BCUT2D eigenvalue weighted by Crippen LogP contribution is 2.18. The molecule has 1 saturated heterocycles. The van der Waals surface area contributed by atoms with E-state index in [1.807, 2.05) is 19.1 Å². The normalized spacial score (nSPS) is 18.6. The molecule has 1 aromatic rings. The van der Waals surface area contributed by atoms with E-state index in [0.29, 0.717) is 19.0 Å². The third-order valence-corrected chi connectivity index (χ3v) is 4.20. The maximum atomic E-state index is 12.0. The Morgan fingerprint density at radius 1 is 1.55 bits per heavy atom. The van der Waals surface area contributed by atoms with Crippen LogP contribution in [0.3, 0.4) is 0 Å². The van der Waals surface area contributed by atoms with Crippen LogP contribution in [-0.2, 0) is 4.79 Å². The number of likely N-dealkylation sites (tertiary alicyclic amines) is 1. The summed E-state index contributed by atoms with van der Waals surface area (Å²) in [5, 5.41) is 2.98. The highest BCUT2D eigenvalue weighted by molar-refractivity contribution is 14.1. The summed E-state index contributed by atoms with van der Waals surface area (Å²) < 4.78 is 1.18. The van der Waals surface area contributed by atoms with E-state index in [1.54, 1.807) is 0 Å². The minimum absolute atomic E-state index is 0. The number of benzene rings is 1. The molecule has 0 aliphatic carbocycles. The number of hydrogen-bond donors (Lipinski definition) is 2. The molecule has 0 aromatic heterocycles. The summed E-state index contributed by atoms with van der Waals surface area (Å²) in [6, 6.07) is 6.03. The molecular weight excluding hydrogens is 389 g/mol. The molecule has 3 N–H and O–H groups in total. The van der Waals surface area contributed by atoms with Gasteiger partial charge < -0.3 is 11.1 Å². The lowest BCUT2D eigenvalue weighted by Crippen LogP contribution is -2.32. The fourth-order valence-electron chi connectivity index (χ4n) is 2.41. The Morgan fingerprint density at radius 2 is 2.30 bits per heavy atom. The number of nitrogens with zero attached hydrogens (tertiary/aromatic N) is 1. The van der Waals surface area contributed by atoms with Crippen molar-refractivity contribution in [1.29, 1.82) is 0 Å². The second kappa shape index (κ2) is 8.17. The zero-order valence-corrected chi connectivity index (χ0v) is 14.5. The van der Waals surface area contributed by atoms with Crippen molar-refractivity contribution in [1.82, 2.24) is 4.90 Å². The molecule has 1 amide bonds. The quantitative estimate of drug-likeness (QED) is 0.750. The first-order chi connectivity index (χ1) is 9.08. The van der Waals surface area contributed by atoms with Crippen LogP contribution in [0.1, 0.15) is 12.0 Å². The van der Waals surface area contributed by atoms with E-state index in [0.717, 1.165) is 30.8 Å². The molecule has 1 unspecified atom stereocenters. The molecule has 2 rings (SSSR count). The summed E-state index contributed by atoms with van der Waals surface area (Å²) in [5.74, 6) is 0.606. The van der Waals surface area contributed by atoms with E-state index in [1.165, 1.54) is 3.57 Å². The van der Waals surface area contributed by atoms with Crippen LogP contribution in [0.5, 0.6) is 0 Å². The maximum Gasteiger partial charge on any atom is 0.238 e. The van der Waals surface area contributed by atoms with Gasteiger partial charge in [-0.3, -0.25) is 9.69 Å². The fourth-order valence-corrected chi connectivity index (χ4v) is 3.06. The summed E-state index contributed by atoms with van der Waals surface area (Å²) in [6.07, 6.45) is 1.10. The Morgan fingerprint density at radius 3 is 2.90 bits per heavy atom. The Bertz CT molecular complexity index is 470. The van der Waals surface area contributed by atoms with Gasteiger partial charge in [-0.2, -0.15) is 0 Å². The van der Waals surface area contributed by atoms with E-state index in [-0.39, 0.29) is 18.3 Å². The van der Waals surface area contributed by atoms with Crippen molar-refractivity contribution in [3.05, 3.63) is 27.3 Å². The first kappa shape index (κ1) is 17.7. The number of aryl methyl sites for hydroxylation is 1. The third kappa shape index (κ3) is 4.87. The molecule has 0 radical (unpaired) electrons. The molecule has 0 saturated carbocycles. The number of carbonyl (C=O) groups excluding carboxylic acids is 1. The summed E-state index contributed by atoms with van der Waals surface area (Å²) >= 11 is 2.27. The number of anilines is 1. The molecule has 1 aliphatic rings. The zero-order valence-electron chi connectivity index (χ0n) is 11.6. The molecule has 1 aromatic carbocycles. The van der Waals surface area contributed by atoms with Gasteiger partial charge in [0.25, 0.3) is 0 Å². The lowest BCUT2D eigenvalue weighted by molar-refractivity contribution is -0.117. The van der Waals surface area contributed by atoms with Crippen molar-refractivity contribution in [2.45, 2.75) is 13.3 Å². The average molecular weight is 410 g/mol. The van der Waals surface area contributed by atoms with E-state index in [4.69, 9.17) is 5.73 Å². The molecule has 1 atom stereocenters. The summed E-state index contributed by atoms with van der Waals surface area (Å²) in [5.41, 5.74) is 7.66. The lowest BCUT2D eigenvalue weighted by Gasteiger charge is -2.16. The minimum atomic E-state index is 0. The largest absolute Gasteiger partial charge is 0.330 e. The maximum absolute atomic E-state index is 12.0. The van der Waals surface area contributed by atoms with Crippen LogP contribution in [0, 0.1) is 16.4 Å². The Labute approximate surface area is 140 Å². The molecule has 1 aliphatic heterocycles. The van der Waals surface area contributed by atoms with Gasteiger partial charge in [-0.15, -0.1) is 12.4 Å². The number of rotatable bonds is 4. The van der Waals surface area contributed by atoms with E-state index < -0.39 is 0 Å². The fraction of sp³-hybridized carbons (Fsp3) is 0.500. The van der Waals surface area contributed by atoms with Crippen LogP contribution < -0.4 is 11.1 Å². The highest BCUT2D eigenvalue weighted by Gasteiger charge is 2.22. The molecule has 20 heavy (non-hydrogen) atoms. The Kier molecular flexibility index (Phi) is 7.22. The van der Waals surface area contributed by atoms with Gasteiger partial charge in [-0.05, 0) is 78.7 Å². The Hall–Kier alpha value is -0.370. The van der Waals surface area contributed by atoms with Gasteiger partial charge >= 0.3 is 0 Å². The standard InChI is InChI=1S/C14H20IN3O.ClH/c1-10-6-12(15)2-3-13(10)17-14(19)9-18-5-4-11(7-16)8-18;/h2-3,6,11H,4-5,7-9,16H2,1H3,(H,17,19);1H. The molecule has 1 heterocycles. The second-order valence-corrected chi connectivity index (χ2v) is 6.38. The Balaban J connectivity index is 0.00000200. The molecule has 4 nitrogen and oxygen atoms in total. The zero-order chi connectivity index (χ0) is 13.8. The summed E-state index contributed by atoms with van der Waals surface area (Å²) in [7, 11) is 0. The SMILES string of the molecule is Cc1cc(I)ccc1NC(=O)CN1CCC(CN)C1.Cl. The van der Waals surface area contributed by atoms with Crippen LogP contribution in [0.2, 0.25) is 0 Å². The number of nitrogens with one attached hydrogen (secondary N) is 1. The van der Waals surface area contributed by atoms with Crippen LogP contribution in [0.4, 0.5) is 5.69 Å². The molecular formula is C14H21ClIN3O. The molecule has 6 heteroatoms. The van der Waals surface area contributed by atoms with Crippen LogP contribution in [-0.4, -0.2) is 37.0 Å². The topological polar surface area (TPSA) is 58.4 Å². The number of hydrogen-bond acceptors (Lipinski definition) is 3. The molecule has 0 bridgehead atoms. The van der Waals surface area contributed by atoms with Crippen molar-refractivity contribution in [3.63, 3.8) is 0 Å². The monoisotopic (exact) mass is 409 g/mol. The van der Waals surface area contributed by atoms with Crippen LogP contribution in [0.25, 0.3) is 0 Å². The number of amides is 1. The van der Waals surface area contributed by atoms with E-state index in [9.17, 15) is 4.79 Å². The van der Waals surface area contributed by atoms with Crippen molar-refractivity contribution in [3.8, 4) is 0 Å². The number of halogens is 2. The minimum Gasteiger partial charge on any atom is -0.330 e. The van der Waals surface area contributed by atoms with Gasteiger partial charge in [0.1, 0.15) is 0 Å². The van der Waals surface area contributed by atoms with Crippen LogP contribution >= 0.6 is 35.0 Å². The predicted molar refractivity (Wildman–Crippen MR) is 93.4 cm³/mol. The van der Waals surface area contributed by atoms with Gasteiger partial charge in [0.05, 0.1) is 6.54 Å². The van der Waals surface area contributed by atoms with E-state index >= 15 is 0 Å². The summed E-state index contributed by atoms with van der Waals surface area (Å²) in [6.45, 7) is 5.10. The molecule has 0 spiro atoms. The smallest absolute Gasteiger partial charge is 0.238 e. The van der Waals surface area contributed by atoms with Gasteiger partial charge in [0.15, 0.2) is 0 Å². The van der Waals surface area contributed by atoms with Crippen molar-refractivity contribution < 1.29 is 4.79 Å². The van der Waals surface area contributed by atoms with Gasteiger partial charge in [-0.25, -0.2) is 0 Å². The molecule has 1 fully saturated rings. The summed E-state index contributed by atoms with van der Waals surface area (Å²) in [4.78, 5) is 14.2. The number of carbonyl (C=O) groups is 1. The van der Waals surface area contributed by atoms with Gasteiger partial charge in [0, 0.05) is 15.8 Å². The van der Waals surface area contributed by atoms with E-state index in [2.05, 4.69) is 38.9 Å². The third-order valence-electron chi connectivity index (χ3n) is 3.53. The van der Waals surface area contributed by atoms with Gasteiger partial charge in [0.2, 0.25) is 5.91 Å². The van der Waals surface area contributed by atoms with Crippen molar-refractivity contribution in [2.75, 3.05) is 31.5 Å². The first-order valence-electron chi connectivity index (χ1n) is 6.57. The van der Waals surface area contributed by atoms with Gasteiger partial charge in [-0.1, -0.05) is 0 Å². The van der Waals surface area contributed by atoms with Crippen LogP contribution in [0.15, 0.2) is 18.2 Å². The first-order valence-corrected chi connectivity index (χ1v) is 7.65. The number of nitrogens with two attached hydrogens (primary N) is 1. The van der Waals surface area contributed by atoms with Crippen molar-refractivity contribution in [2.24, 2.45) is 11.7 Å². The van der Waals surface area contributed by atoms with Crippen molar-refractivity contribution >= 4 is 46.6 Å². The second-order valence-electron chi connectivity index (χ2n) is 5.13. The highest BCUT2D eigenvalue weighted by atomic mass is 127. The molecule has 112 valence electrons.